The third kappa shape index (κ3) is 3.33. The number of carbonyl (C=O) groups is 1. The number of aliphatic carboxylic acids is 1. The highest BCUT2D eigenvalue weighted by Gasteiger charge is 2.28. The number of carboxylic acid groups (broad SMARTS) is 1. The van der Waals surface area contributed by atoms with Crippen LogP contribution < -0.4 is 10.5 Å². The minimum atomic E-state index is -0.840. The molecule has 0 aromatic carbocycles. The molecule has 1 aliphatic rings. The van der Waals surface area contributed by atoms with Crippen LogP contribution in [0.1, 0.15) is 19.8 Å². The van der Waals surface area contributed by atoms with E-state index in [1.807, 2.05) is 11.8 Å². The maximum absolute atomic E-state index is 12.4. The summed E-state index contributed by atoms with van der Waals surface area (Å²) in [5.74, 6) is 1.15. The Morgan fingerprint density at radius 3 is 3.10 bits per heavy atom. The molecule has 1 N–H and O–H groups in total. The zero-order valence-corrected chi connectivity index (χ0v) is 12.3. The molecular formula is C13H19N3O3S. The van der Waals surface area contributed by atoms with Crippen molar-refractivity contribution in [3.05, 3.63) is 22.7 Å². The Morgan fingerprint density at radius 2 is 2.40 bits per heavy atom. The van der Waals surface area contributed by atoms with Gasteiger partial charge in [0.25, 0.3) is 5.56 Å². The number of anilines is 1. The van der Waals surface area contributed by atoms with Gasteiger partial charge < -0.3 is 14.6 Å². The molecule has 1 aromatic heterocycles. The second-order valence-electron chi connectivity index (χ2n) is 4.77. The molecule has 0 radical (unpaired) electrons. The lowest BCUT2D eigenvalue weighted by atomic mass is 10.2. The molecule has 6 nitrogen and oxygen atoms in total. The van der Waals surface area contributed by atoms with Gasteiger partial charge in [0.15, 0.2) is 5.82 Å². The van der Waals surface area contributed by atoms with Crippen LogP contribution in [-0.4, -0.2) is 44.7 Å². The van der Waals surface area contributed by atoms with Crippen LogP contribution in [0, 0.1) is 0 Å². The first kappa shape index (κ1) is 14.9. The highest BCUT2D eigenvalue weighted by atomic mass is 32.2. The van der Waals surface area contributed by atoms with Gasteiger partial charge in [-0.2, -0.15) is 11.8 Å². The first-order valence-corrected chi connectivity index (χ1v) is 7.90. The van der Waals surface area contributed by atoms with Crippen LogP contribution in [0.2, 0.25) is 0 Å². The number of nitrogens with zero attached hydrogens (tertiary/aromatic N) is 3. The Hall–Kier alpha value is -1.50. The second-order valence-corrected chi connectivity index (χ2v) is 5.92. The summed E-state index contributed by atoms with van der Waals surface area (Å²) in [4.78, 5) is 29.4. The minimum Gasteiger partial charge on any atom is -0.481 e. The number of rotatable bonds is 5. The van der Waals surface area contributed by atoms with E-state index in [2.05, 4.69) is 4.98 Å². The number of hydrogen-bond acceptors (Lipinski definition) is 5. The maximum Gasteiger partial charge on any atom is 0.305 e. The summed E-state index contributed by atoms with van der Waals surface area (Å²) in [5, 5.41) is 9.00. The van der Waals surface area contributed by atoms with Gasteiger partial charge in [-0.05, 0) is 6.42 Å². The molecule has 1 aliphatic heterocycles. The number of aryl methyl sites for hydroxylation is 1. The molecule has 110 valence electrons. The molecule has 1 aromatic rings. The van der Waals surface area contributed by atoms with Gasteiger partial charge >= 0.3 is 5.97 Å². The predicted molar refractivity (Wildman–Crippen MR) is 79.5 cm³/mol. The molecule has 0 amide bonds. The number of carboxylic acids is 1. The normalized spacial score (nSPS) is 19.1. The van der Waals surface area contributed by atoms with E-state index < -0.39 is 5.97 Å². The van der Waals surface area contributed by atoms with Crippen LogP contribution in [0.4, 0.5) is 5.82 Å². The van der Waals surface area contributed by atoms with E-state index >= 15 is 0 Å². The van der Waals surface area contributed by atoms with Crippen molar-refractivity contribution in [1.82, 2.24) is 9.55 Å². The summed E-state index contributed by atoms with van der Waals surface area (Å²) in [6, 6.07) is -0.163. The Labute approximate surface area is 121 Å². The zero-order valence-electron chi connectivity index (χ0n) is 11.5. The van der Waals surface area contributed by atoms with Gasteiger partial charge in [-0.1, -0.05) is 6.92 Å². The van der Waals surface area contributed by atoms with Crippen LogP contribution >= 0.6 is 11.8 Å². The van der Waals surface area contributed by atoms with Crippen molar-refractivity contribution >= 4 is 23.5 Å². The topological polar surface area (TPSA) is 75.4 Å². The SMILES string of the molecule is CCCn1ccnc(N2CCSCC2CC(=O)O)c1=O. The number of thioether (sulfide) groups is 1. The van der Waals surface area contributed by atoms with Gasteiger partial charge in [-0.15, -0.1) is 0 Å². The van der Waals surface area contributed by atoms with E-state index in [9.17, 15) is 9.59 Å². The Morgan fingerprint density at radius 1 is 1.60 bits per heavy atom. The van der Waals surface area contributed by atoms with Crippen molar-refractivity contribution in [2.24, 2.45) is 0 Å². The van der Waals surface area contributed by atoms with Gasteiger partial charge in [0.1, 0.15) is 0 Å². The van der Waals surface area contributed by atoms with Crippen molar-refractivity contribution in [3.63, 3.8) is 0 Å². The second kappa shape index (κ2) is 6.78. The summed E-state index contributed by atoms with van der Waals surface area (Å²) < 4.78 is 1.64. The third-order valence-corrected chi connectivity index (χ3v) is 4.36. The Balaban J connectivity index is 2.30. The van der Waals surface area contributed by atoms with Crippen LogP contribution in [0.5, 0.6) is 0 Å². The molecule has 7 heteroatoms. The van der Waals surface area contributed by atoms with E-state index in [-0.39, 0.29) is 18.0 Å². The number of aromatic nitrogens is 2. The summed E-state index contributed by atoms with van der Waals surface area (Å²) in [6.45, 7) is 3.33. The van der Waals surface area contributed by atoms with Crippen molar-refractivity contribution in [2.45, 2.75) is 32.4 Å². The Bertz CT molecular complexity index is 532. The fraction of sp³-hybridized carbons (Fsp3) is 0.615. The van der Waals surface area contributed by atoms with Gasteiger partial charge in [0.2, 0.25) is 0 Å². The van der Waals surface area contributed by atoms with Gasteiger partial charge in [-0.25, -0.2) is 4.98 Å². The van der Waals surface area contributed by atoms with Gasteiger partial charge in [0.05, 0.1) is 12.5 Å². The molecule has 0 aliphatic carbocycles. The third-order valence-electron chi connectivity index (χ3n) is 3.27. The fourth-order valence-corrected chi connectivity index (χ4v) is 3.42. The van der Waals surface area contributed by atoms with E-state index in [1.165, 1.54) is 0 Å². The number of hydrogen-bond donors (Lipinski definition) is 1. The summed E-state index contributed by atoms with van der Waals surface area (Å²) >= 11 is 1.72. The van der Waals surface area contributed by atoms with Crippen molar-refractivity contribution < 1.29 is 9.90 Å². The monoisotopic (exact) mass is 297 g/mol. The molecule has 1 unspecified atom stereocenters. The van der Waals surface area contributed by atoms with Gasteiger partial charge in [-0.3, -0.25) is 9.59 Å². The highest BCUT2D eigenvalue weighted by Crippen LogP contribution is 2.22. The van der Waals surface area contributed by atoms with E-state index in [0.717, 1.165) is 17.9 Å². The van der Waals surface area contributed by atoms with Crippen molar-refractivity contribution in [1.29, 1.82) is 0 Å². The lowest BCUT2D eigenvalue weighted by Crippen LogP contribution is -2.47. The van der Waals surface area contributed by atoms with E-state index in [4.69, 9.17) is 5.11 Å². The van der Waals surface area contributed by atoms with E-state index in [0.29, 0.717) is 18.9 Å². The zero-order chi connectivity index (χ0) is 14.5. The Kier molecular flexibility index (Phi) is 5.05. The molecule has 0 spiro atoms. The van der Waals surface area contributed by atoms with Crippen molar-refractivity contribution in [3.8, 4) is 0 Å². The van der Waals surface area contributed by atoms with Gasteiger partial charge in [0, 0.05) is 37.0 Å². The standard InChI is InChI=1S/C13H19N3O3S/c1-2-4-15-5-3-14-12(13(15)19)16-6-7-20-9-10(16)8-11(17)18/h3,5,10H,2,4,6-9H2,1H3,(H,17,18). The molecule has 2 rings (SSSR count). The first-order valence-electron chi connectivity index (χ1n) is 6.75. The minimum absolute atomic E-state index is 0.0385. The molecule has 1 atom stereocenters. The highest BCUT2D eigenvalue weighted by molar-refractivity contribution is 7.99. The van der Waals surface area contributed by atoms with Crippen LogP contribution in [0.3, 0.4) is 0 Å². The summed E-state index contributed by atoms with van der Waals surface area (Å²) in [6.07, 6.45) is 4.21. The first-order chi connectivity index (χ1) is 9.63. The molecule has 1 saturated heterocycles. The molecule has 0 saturated carbocycles. The summed E-state index contributed by atoms with van der Waals surface area (Å²) in [7, 11) is 0. The van der Waals surface area contributed by atoms with E-state index in [1.54, 1.807) is 28.7 Å². The lowest BCUT2D eigenvalue weighted by Gasteiger charge is -2.35. The molecule has 20 heavy (non-hydrogen) atoms. The largest absolute Gasteiger partial charge is 0.481 e. The predicted octanol–water partition coefficient (Wildman–Crippen LogP) is 1.05. The maximum atomic E-state index is 12.4. The quantitative estimate of drug-likeness (QED) is 0.875. The average Bonchev–Trinajstić information content (AvgIpc) is 2.42. The van der Waals surface area contributed by atoms with Crippen LogP contribution in [0.15, 0.2) is 17.2 Å². The molecule has 0 bridgehead atoms. The van der Waals surface area contributed by atoms with Crippen molar-refractivity contribution in [2.75, 3.05) is 23.0 Å². The molecule has 2 heterocycles. The molecular weight excluding hydrogens is 278 g/mol. The van der Waals surface area contributed by atoms with Crippen LogP contribution in [0.25, 0.3) is 0 Å². The fourth-order valence-electron chi connectivity index (χ4n) is 2.35. The average molecular weight is 297 g/mol. The smallest absolute Gasteiger partial charge is 0.305 e. The van der Waals surface area contributed by atoms with Crippen LogP contribution in [-0.2, 0) is 11.3 Å². The summed E-state index contributed by atoms with van der Waals surface area (Å²) in [5.41, 5.74) is -0.128. The lowest BCUT2D eigenvalue weighted by molar-refractivity contribution is -0.137. The molecule has 1 fully saturated rings.